The van der Waals surface area contributed by atoms with Crippen LogP contribution in [-0.4, -0.2) is 25.2 Å². The number of esters is 2. The second-order valence-corrected chi connectivity index (χ2v) is 6.65. The minimum atomic E-state index is -0.524. The highest BCUT2D eigenvalue weighted by Gasteiger charge is 2.30. The van der Waals surface area contributed by atoms with Gasteiger partial charge in [0.1, 0.15) is 17.7 Å². The van der Waals surface area contributed by atoms with Crippen LogP contribution in [0.3, 0.4) is 0 Å². The molecule has 1 aliphatic rings. The largest absolute Gasteiger partial charge is 0.462 e. The molecule has 3 rings (SSSR count). The van der Waals surface area contributed by atoms with Gasteiger partial charge in [0.25, 0.3) is 0 Å². The molecule has 0 aliphatic heterocycles. The summed E-state index contributed by atoms with van der Waals surface area (Å²) in [4.78, 5) is 24.1. The summed E-state index contributed by atoms with van der Waals surface area (Å²) in [6.07, 6.45) is 0.356. The van der Waals surface area contributed by atoms with Crippen LogP contribution >= 0.6 is 0 Å². The first kappa shape index (κ1) is 20.6. The van der Waals surface area contributed by atoms with E-state index in [0.717, 1.165) is 11.1 Å². The van der Waals surface area contributed by atoms with E-state index < -0.39 is 11.9 Å². The van der Waals surface area contributed by atoms with E-state index in [1.165, 1.54) is 0 Å². The maximum atomic E-state index is 12.7. The molecule has 6 heteroatoms. The first-order valence-electron chi connectivity index (χ1n) is 9.27. The van der Waals surface area contributed by atoms with Crippen molar-refractivity contribution < 1.29 is 19.1 Å². The molecular weight excluding hydrogens is 380 g/mol. The van der Waals surface area contributed by atoms with E-state index in [-0.39, 0.29) is 18.8 Å². The summed E-state index contributed by atoms with van der Waals surface area (Å²) < 4.78 is 10.3. The SMILES string of the molecule is C=C(C)C(=O)OCCCOC(=O)c1cccc2c1-c1ccccc1C2=C(C#N)C#N. The van der Waals surface area contributed by atoms with E-state index in [2.05, 4.69) is 6.58 Å². The van der Waals surface area contributed by atoms with Gasteiger partial charge in [0.2, 0.25) is 0 Å². The number of rotatable bonds is 6. The highest BCUT2D eigenvalue weighted by atomic mass is 16.5. The van der Waals surface area contributed by atoms with E-state index in [1.54, 1.807) is 25.1 Å². The molecule has 0 N–H and O–H groups in total. The number of fused-ring (bicyclic) bond motifs is 3. The first-order valence-corrected chi connectivity index (χ1v) is 9.27. The number of carbonyl (C=O) groups excluding carboxylic acids is 2. The van der Waals surface area contributed by atoms with E-state index >= 15 is 0 Å². The zero-order chi connectivity index (χ0) is 21.7. The van der Waals surface area contributed by atoms with Crippen molar-refractivity contribution in [2.24, 2.45) is 0 Å². The first-order chi connectivity index (χ1) is 14.5. The Hall–Kier alpha value is -4.16. The molecule has 0 radical (unpaired) electrons. The number of ether oxygens (including phenoxy) is 2. The van der Waals surface area contributed by atoms with Gasteiger partial charge in [0.05, 0.1) is 18.8 Å². The summed E-state index contributed by atoms with van der Waals surface area (Å²) in [6, 6.07) is 16.4. The summed E-state index contributed by atoms with van der Waals surface area (Å²) in [6.45, 7) is 5.26. The third-order valence-corrected chi connectivity index (χ3v) is 4.60. The van der Waals surface area contributed by atoms with Crippen LogP contribution in [0.25, 0.3) is 16.7 Å². The van der Waals surface area contributed by atoms with Crippen LogP contribution < -0.4 is 0 Å². The molecule has 0 atom stereocenters. The van der Waals surface area contributed by atoms with Crippen molar-refractivity contribution in [3.8, 4) is 23.3 Å². The lowest BCUT2D eigenvalue weighted by Crippen LogP contribution is -2.12. The van der Waals surface area contributed by atoms with Gasteiger partial charge in [0.15, 0.2) is 0 Å². The minimum Gasteiger partial charge on any atom is -0.462 e. The number of nitriles is 2. The summed E-state index contributed by atoms with van der Waals surface area (Å²) in [5.41, 5.74) is 3.97. The molecule has 0 spiro atoms. The number of hydrogen-bond donors (Lipinski definition) is 0. The predicted molar refractivity (Wildman–Crippen MR) is 110 cm³/mol. The summed E-state index contributed by atoms with van der Waals surface area (Å²) in [5.74, 6) is -1.01. The van der Waals surface area contributed by atoms with Crippen molar-refractivity contribution in [1.82, 2.24) is 0 Å². The summed E-state index contributed by atoms with van der Waals surface area (Å²) >= 11 is 0. The summed E-state index contributed by atoms with van der Waals surface area (Å²) in [7, 11) is 0. The number of benzene rings is 2. The van der Waals surface area contributed by atoms with Crippen LogP contribution in [0.5, 0.6) is 0 Å². The number of carbonyl (C=O) groups is 2. The van der Waals surface area contributed by atoms with Gasteiger partial charge in [-0.2, -0.15) is 10.5 Å². The van der Waals surface area contributed by atoms with Gasteiger partial charge in [-0.25, -0.2) is 9.59 Å². The van der Waals surface area contributed by atoms with Crippen LogP contribution in [-0.2, 0) is 14.3 Å². The minimum absolute atomic E-state index is 0.00829. The molecule has 0 saturated carbocycles. The molecule has 0 amide bonds. The van der Waals surface area contributed by atoms with Crippen molar-refractivity contribution in [2.75, 3.05) is 13.2 Å². The fourth-order valence-electron chi connectivity index (χ4n) is 3.28. The van der Waals surface area contributed by atoms with Crippen LogP contribution in [0.15, 0.2) is 60.2 Å². The van der Waals surface area contributed by atoms with Gasteiger partial charge in [-0.15, -0.1) is 0 Å². The third kappa shape index (κ3) is 3.85. The average Bonchev–Trinajstić information content (AvgIpc) is 3.09. The van der Waals surface area contributed by atoms with Crippen LogP contribution in [0.4, 0.5) is 0 Å². The normalized spacial score (nSPS) is 10.8. The molecule has 0 heterocycles. The molecule has 6 nitrogen and oxygen atoms in total. The Bertz CT molecular complexity index is 1150. The Morgan fingerprint density at radius 2 is 1.57 bits per heavy atom. The molecule has 0 aromatic heterocycles. The summed E-state index contributed by atoms with van der Waals surface area (Å²) in [5, 5.41) is 18.8. The molecule has 30 heavy (non-hydrogen) atoms. The maximum absolute atomic E-state index is 12.7. The van der Waals surface area contributed by atoms with Crippen molar-refractivity contribution in [2.45, 2.75) is 13.3 Å². The third-order valence-electron chi connectivity index (χ3n) is 4.60. The Kier molecular flexibility index (Phi) is 6.10. The second-order valence-electron chi connectivity index (χ2n) is 6.65. The number of allylic oxidation sites excluding steroid dienone is 1. The van der Waals surface area contributed by atoms with Crippen molar-refractivity contribution in [3.63, 3.8) is 0 Å². The molecule has 2 aromatic rings. The quantitative estimate of drug-likeness (QED) is 0.267. The lowest BCUT2D eigenvalue weighted by molar-refractivity contribution is -0.139. The monoisotopic (exact) mass is 398 g/mol. The smallest absolute Gasteiger partial charge is 0.338 e. The van der Waals surface area contributed by atoms with Gasteiger partial charge < -0.3 is 9.47 Å². The fourth-order valence-corrected chi connectivity index (χ4v) is 3.28. The predicted octanol–water partition coefficient (Wildman–Crippen LogP) is 4.18. The molecule has 1 aliphatic carbocycles. The standard InChI is InChI=1S/C24H18N2O4/c1-15(2)23(27)29-11-6-12-30-24(28)20-10-5-9-19-21(16(13-25)14-26)17-7-3-4-8-18(17)22(19)20/h3-5,7-10H,1,6,11-12H2,2H3. The molecule has 2 aromatic carbocycles. The van der Waals surface area contributed by atoms with Crippen molar-refractivity contribution in [1.29, 1.82) is 10.5 Å². The molecule has 148 valence electrons. The van der Waals surface area contributed by atoms with E-state index in [9.17, 15) is 20.1 Å². The molecule has 0 unspecified atom stereocenters. The molecule has 0 fully saturated rings. The Labute approximate surface area is 174 Å². The second kappa shape index (κ2) is 8.89. The number of nitrogens with zero attached hydrogens (tertiary/aromatic N) is 2. The zero-order valence-electron chi connectivity index (χ0n) is 16.4. The van der Waals surface area contributed by atoms with Crippen LogP contribution in [0, 0.1) is 22.7 Å². The topological polar surface area (TPSA) is 100 Å². The van der Waals surface area contributed by atoms with E-state index in [1.807, 2.05) is 36.4 Å². The van der Waals surface area contributed by atoms with Crippen molar-refractivity contribution in [3.05, 3.63) is 76.9 Å². The van der Waals surface area contributed by atoms with Crippen LogP contribution in [0.1, 0.15) is 34.8 Å². The highest BCUT2D eigenvalue weighted by Crippen LogP contribution is 2.47. The lowest BCUT2D eigenvalue weighted by Gasteiger charge is -2.10. The number of hydrogen-bond acceptors (Lipinski definition) is 6. The Morgan fingerprint density at radius 1 is 0.933 bits per heavy atom. The van der Waals surface area contributed by atoms with Gasteiger partial charge in [0, 0.05) is 23.1 Å². The van der Waals surface area contributed by atoms with Gasteiger partial charge in [-0.1, -0.05) is 43.0 Å². The van der Waals surface area contributed by atoms with E-state index in [4.69, 9.17) is 9.47 Å². The van der Waals surface area contributed by atoms with Crippen molar-refractivity contribution >= 4 is 17.5 Å². The molecular formula is C24H18N2O4. The Morgan fingerprint density at radius 3 is 2.23 bits per heavy atom. The van der Waals surface area contributed by atoms with Gasteiger partial charge in [-0.05, 0) is 29.7 Å². The van der Waals surface area contributed by atoms with Crippen LogP contribution in [0.2, 0.25) is 0 Å². The maximum Gasteiger partial charge on any atom is 0.338 e. The average molecular weight is 398 g/mol. The van der Waals surface area contributed by atoms with E-state index in [0.29, 0.717) is 34.3 Å². The Balaban J connectivity index is 1.86. The lowest BCUT2D eigenvalue weighted by atomic mass is 9.97. The zero-order valence-corrected chi connectivity index (χ0v) is 16.4. The fraction of sp³-hybridized carbons (Fsp3) is 0.167. The van der Waals surface area contributed by atoms with Gasteiger partial charge in [-0.3, -0.25) is 0 Å². The van der Waals surface area contributed by atoms with Gasteiger partial charge >= 0.3 is 11.9 Å². The molecule has 0 saturated heterocycles. The highest BCUT2D eigenvalue weighted by molar-refractivity contribution is 6.10. The molecule has 0 bridgehead atoms.